The summed E-state index contributed by atoms with van der Waals surface area (Å²) in [4.78, 5) is 0. The van der Waals surface area contributed by atoms with Crippen LogP contribution in [-0.2, 0) is 10.0 Å². The van der Waals surface area contributed by atoms with E-state index in [0.717, 1.165) is 4.31 Å². The van der Waals surface area contributed by atoms with Crippen LogP contribution in [0.4, 0.5) is 0 Å². The lowest BCUT2D eigenvalue weighted by Crippen LogP contribution is -2.32. The van der Waals surface area contributed by atoms with Gasteiger partial charge in [-0.1, -0.05) is 29.3 Å². The Morgan fingerprint density at radius 1 is 1.39 bits per heavy atom. The zero-order chi connectivity index (χ0) is 13.9. The maximum atomic E-state index is 11.6. The molecule has 0 aliphatic carbocycles. The van der Waals surface area contributed by atoms with Crippen molar-refractivity contribution in [1.29, 1.82) is 0 Å². The van der Waals surface area contributed by atoms with E-state index in [-0.39, 0.29) is 12.3 Å². The predicted molar refractivity (Wildman–Crippen MR) is 73.5 cm³/mol. The Bertz CT molecular complexity index is 519. The first kappa shape index (κ1) is 15.7. The van der Waals surface area contributed by atoms with Crippen molar-refractivity contribution in [2.45, 2.75) is 13.0 Å². The van der Waals surface area contributed by atoms with Crippen molar-refractivity contribution >= 4 is 33.2 Å². The van der Waals surface area contributed by atoms with E-state index in [2.05, 4.69) is 0 Å². The van der Waals surface area contributed by atoms with Crippen LogP contribution in [0, 0.1) is 0 Å². The first-order chi connectivity index (χ1) is 8.27. The Balaban J connectivity index is 2.86. The van der Waals surface area contributed by atoms with Crippen LogP contribution in [-0.4, -0.2) is 37.2 Å². The summed E-state index contributed by atoms with van der Waals surface area (Å²) >= 11 is 11.7. The van der Waals surface area contributed by atoms with Crippen LogP contribution in [0.25, 0.3) is 0 Å². The van der Waals surface area contributed by atoms with Gasteiger partial charge in [0.15, 0.2) is 0 Å². The van der Waals surface area contributed by atoms with Gasteiger partial charge in [-0.2, -0.15) is 0 Å². The lowest BCUT2D eigenvalue weighted by molar-refractivity contribution is 0.155. The molecule has 1 N–H and O–H groups in total. The zero-order valence-corrected chi connectivity index (χ0v) is 12.4. The van der Waals surface area contributed by atoms with Gasteiger partial charge in [-0.05, 0) is 19.1 Å². The van der Waals surface area contributed by atoms with Gasteiger partial charge in [0.05, 0.1) is 11.9 Å². The van der Waals surface area contributed by atoms with Gasteiger partial charge < -0.3 is 5.11 Å². The third-order valence-electron chi connectivity index (χ3n) is 2.59. The third kappa shape index (κ3) is 3.83. The fourth-order valence-corrected chi connectivity index (χ4v) is 2.79. The normalized spacial score (nSPS) is 13.9. The third-order valence-corrected chi connectivity index (χ3v) is 4.98. The van der Waals surface area contributed by atoms with Gasteiger partial charge in [0.1, 0.15) is 0 Å². The van der Waals surface area contributed by atoms with Gasteiger partial charge >= 0.3 is 0 Å². The smallest absolute Gasteiger partial charge is 0.213 e. The van der Waals surface area contributed by atoms with Crippen LogP contribution >= 0.6 is 23.2 Å². The monoisotopic (exact) mass is 311 g/mol. The van der Waals surface area contributed by atoms with Crippen molar-refractivity contribution in [3.8, 4) is 0 Å². The number of sulfonamides is 1. The van der Waals surface area contributed by atoms with E-state index in [1.54, 1.807) is 19.1 Å². The van der Waals surface area contributed by atoms with Gasteiger partial charge in [0.25, 0.3) is 0 Å². The molecule has 0 aliphatic rings. The molecule has 0 amide bonds. The molecule has 0 spiro atoms. The number of benzene rings is 1. The topological polar surface area (TPSA) is 57.6 Å². The lowest BCUT2D eigenvalue weighted by Gasteiger charge is -2.20. The number of nitrogens with zero attached hydrogens (tertiary/aromatic N) is 1. The van der Waals surface area contributed by atoms with Gasteiger partial charge in [0, 0.05) is 29.2 Å². The number of hydrogen-bond donors (Lipinski definition) is 1. The molecule has 4 nitrogen and oxygen atoms in total. The second-order valence-corrected chi connectivity index (χ2v) is 7.07. The molecule has 0 saturated carbocycles. The van der Waals surface area contributed by atoms with Crippen molar-refractivity contribution in [3.05, 3.63) is 33.8 Å². The van der Waals surface area contributed by atoms with E-state index >= 15 is 0 Å². The maximum absolute atomic E-state index is 11.6. The summed E-state index contributed by atoms with van der Waals surface area (Å²) in [6.07, 6.45) is -0.985. The Morgan fingerprint density at radius 2 is 2.00 bits per heavy atom. The molecule has 0 aliphatic heterocycles. The SMILES string of the molecule is CCS(=O)(=O)N(C)CC(O)c1ccc(Cl)cc1Cl. The Labute approximate surface area is 117 Å². The fourth-order valence-electron chi connectivity index (χ4n) is 1.45. The average Bonchev–Trinajstić information content (AvgIpc) is 2.28. The van der Waals surface area contributed by atoms with E-state index in [1.807, 2.05) is 0 Å². The molecule has 0 fully saturated rings. The molecule has 0 saturated heterocycles. The van der Waals surface area contributed by atoms with Gasteiger partial charge in [0.2, 0.25) is 10.0 Å². The van der Waals surface area contributed by atoms with Gasteiger partial charge in [-0.15, -0.1) is 0 Å². The molecule has 0 bridgehead atoms. The van der Waals surface area contributed by atoms with E-state index < -0.39 is 16.1 Å². The minimum absolute atomic E-state index is 0.00936. The quantitative estimate of drug-likeness (QED) is 0.907. The Morgan fingerprint density at radius 3 is 2.50 bits per heavy atom. The van der Waals surface area contributed by atoms with E-state index in [4.69, 9.17) is 23.2 Å². The minimum Gasteiger partial charge on any atom is -0.387 e. The van der Waals surface area contributed by atoms with E-state index in [0.29, 0.717) is 15.6 Å². The van der Waals surface area contributed by atoms with Crippen LogP contribution in [0.2, 0.25) is 10.0 Å². The molecular weight excluding hydrogens is 297 g/mol. The van der Waals surface area contributed by atoms with E-state index in [1.165, 1.54) is 13.1 Å². The van der Waals surface area contributed by atoms with Crippen molar-refractivity contribution < 1.29 is 13.5 Å². The summed E-state index contributed by atoms with van der Waals surface area (Å²) in [5, 5.41) is 10.8. The van der Waals surface area contributed by atoms with Gasteiger partial charge in [-0.3, -0.25) is 0 Å². The first-order valence-corrected chi connectivity index (χ1v) is 7.71. The van der Waals surface area contributed by atoms with Crippen molar-refractivity contribution in [2.24, 2.45) is 0 Å². The molecular formula is C11H15Cl2NO3S. The second kappa shape index (κ2) is 6.21. The molecule has 1 aromatic rings. The van der Waals surface area contributed by atoms with Crippen LogP contribution in [0.1, 0.15) is 18.6 Å². The van der Waals surface area contributed by atoms with Crippen molar-refractivity contribution in [2.75, 3.05) is 19.3 Å². The summed E-state index contributed by atoms with van der Waals surface area (Å²) in [7, 11) is -1.90. The van der Waals surface area contributed by atoms with Crippen molar-refractivity contribution in [3.63, 3.8) is 0 Å². The minimum atomic E-state index is -3.32. The molecule has 1 rings (SSSR count). The highest BCUT2D eigenvalue weighted by Gasteiger charge is 2.21. The highest BCUT2D eigenvalue weighted by molar-refractivity contribution is 7.89. The summed E-state index contributed by atoms with van der Waals surface area (Å²) in [6.45, 7) is 1.50. The molecule has 1 unspecified atom stereocenters. The first-order valence-electron chi connectivity index (χ1n) is 5.35. The van der Waals surface area contributed by atoms with Crippen LogP contribution in [0.3, 0.4) is 0 Å². The molecule has 102 valence electrons. The Hall–Kier alpha value is -0.330. The van der Waals surface area contributed by atoms with Crippen LogP contribution < -0.4 is 0 Å². The molecule has 0 heterocycles. The standard InChI is InChI=1S/C11H15Cl2NO3S/c1-3-18(16,17)14(2)7-11(15)9-5-4-8(12)6-10(9)13/h4-6,11,15H,3,7H2,1-2H3. The number of aliphatic hydroxyl groups excluding tert-OH is 1. The average molecular weight is 312 g/mol. The zero-order valence-electron chi connectivity index (χ0n) is 10.1. The van der Waals surface area contributed by atoms with Crippen LogP contribution in [0.15, 0.2) is 18.2 Å². The highest BCUT2D eigenvalue weighted by Crippen LogP contribution is 2.27. The molecule has 0 aromatic heterocycles. The lowest BCUT2D eigenvalue weighted by atomic mass is 10.1. The second-order valence-electron chi connectivity index (χ2n) is 3.86. The summed E-state index contributed by atoms with van der Waals surface area (Å²) in [5.74, 6) is -0.00936. The number of likely N-dealkylation sites (N-methyl/N-ethyl adjacent to an activating group) is 1. The molecule has 1 atom stereocenters. The molecule has 18 heavy (non-hydrogen) atoms. The number of rotatable bonds is 5. The largest absolute Gasteiger partial charge is 0.387 e. The molecule has 0 radical (unpaired) electrons. The van der Waals surface area contributed by atoms with Crippen molar-refractivity contribution in [1.82, 2.24) is 4.31 Å². The highest BCUT2D eigenvalue weighted by atomic mass is 35.5. The summed E-state index contributed by atoms with van der Waals surface area (Å²) < 4.78 is 24.2. The summed E-state index contributed by atoms with van der Waals surface area (Å²) in [6, 6.07) is 4.69. The van der Waals surface area contributed by atoms with Crippen LogP contribution in [0.5, 0.6) is 0 Å². The Kier molecular flexibility index (Phi) is 5.43. The van der Waals surface area contributed by atoms with E-state index in [9.17, 15) is 13.5 Å². The maximum Gasteiger partial charge on any atom is 0.213 e. The number of halogens is 2. The molecule has 7 heteroatoms. The predicted octanol–water partition coefficient (Wildman–Crippen LogP) is 2.31. The van der Waals surface area contributed by atoms with Gasteiger partial charge in [-0.25, -0.2) is 12.7 Å². The number of aliphatic hydroxyl groups is 1. The summed E-state index contributed by atoms with van der Waals surface area (Å²) in [5.41, 5.74) is 0.458. The number of hydrogen-bond acceptors (Lipinski definition) is 3. The molecule has 1 aromatic carbocycles. The fraction of sp³-hybridized carbons (Fsp3) is 0.455.